The van der Waals surface area contributed by atoms with Gasteiger partial charge in [0.25, 0.3) is 0 Å². The van der Waals surface area contributed by atoms with Crippen LogP contribution < -0.4 is 16.4 Å². The first-order valence-corrected chi connectivity index (χ1v) is 6.16. The van der Waals surface area contributed by atoms with E-state index in [0.29, 0.717) is 19.1 Å². The van der Waals surface area contributed by atoms with E-state index in [0.717, 1.165) is 0 Å². The fourth-order valence-corrected chi connectivity index (χ4v) is 1.65. The molecule has 108 valence electrons. The minimum absolute atomic E-state index is 0.418. The van der Waals surface area contributed by atoms with Crippen LogP contribution in [0.1, 0.15) is 19.3 Å². The second kappa shape index (κ2) is 6.93. The van der Waals surface area contributed by atoms with Gasteiger partial charge in [0.1, 0.15) is 6.04 Å². The van der Waals surface area contributed by atoms with Gasteiger partial charge in [0.15, 0.2) is 0 Å². The van der Waals surface area contributed by atoms with Crippen molar-refractivity contribution in [2.45, 2.75) is 31.3 Å². The number of hydrogen-bond donors (Lipinski definition) is 4. The number of hydrogen-bond acceptors (Lipinski definition) is 4. The summed E-state index contributed by atoms with van der Waals surface area (Å²) >= 11 is 0. The Balaban J connectivity index is 2.23. The number of carbonyl (C=O) groups excluding carboxylic acids is 2. The molecule has 0 unspecified atom stereocenters. The summed E-state index contributed by atoms with van der Waals surface area (Å²) in [5, 5.41) is 13.6. The van der Waals surface area contributed by atoms with Crippen molar-refractivity contribution in [3.05, 3.63) is 0 Å². The Bertz CT molecular complexity index is 357. The van der Waals surface area contributed by atoms with Crippen LogP contribution in [-0.2, 0) is 9.59 Å². The summed E-state index contributed by atoms with van der Waals surface area (Å²) in [5.41, 5.74) is 4.91. The molecule has 0 bridgehead atoms. The van der Waals surface area contributed by atoms with Crippen LogP contribution in [0.3, 0.4) is 0 Å². The quantitative estimate of drug-likeness (QED) is 0.437. The van der Waals surface area contributed by atoms with Crippen molar-refractivity contribution >= 4 is 17.9 Å². The van der Waals surface area contributed by atoms with Crippen molar-refractivity contribution < 1.29 is 19.5 Å². The molecule has 1 aliphatic rings. The number of primary amides is 1. The first-order chi connectivity index (χ1) is 8.90. The molecule has 8 nitrogen and oxygen atoms in total. The van der Waals surface area contributed by atoms with Crippen molar-refractivity contribution in [2.75, 3.05) is 20.1 Å². The highest BCUT2D eigenvalue weighted by Crippen LogP contribution is 2.24. The van der Waals surface area contributed by atoms with Crippen LogP contribution in [0.25, 0.3) is 0 Å². The lowest BCUT2D eigenvalue weighted by Gasteiger charge is -2.17. The van der Waals surface area contributed by atoms with E-state index in [2.05, 4.69) is 15.5 Å². The zero-order chi connectivity index (χ0) is 14.4. The Morgan fingerprint density at radius 1 is 1.42 bits per heavy atom. The maximum absolute atomic E-state index is 11.5. The molecule has 0 saturated heterocycles. The van der Waals surface area contributed by atoms with Crippen LogP contribution in [0, 0.1) is 0 Å². The summed E-state index contributed by atoms with van der Waals surface area (Å²) in [6.45, 7) is 1.12. The van der Waals surface area contributed by atoms with Crippen LogP contribution in [0.15, 0.2) is 0 Å². The lowest BCUT2D eigenvalue weighted by Crippen LogP contribution is -2.48. The maximum atomic E-state index is 11.5. The Labute approximate surface area is 111 Å². The minimum Gasteiger partial charge on any atom is -0.480 e. The zero-order valence-electron chi connectivity index (χ0n) is 10.9. The van der Waals surface area contributed by atoms with E-state index < -0.39 is 30.4 Å². The molecule has 1 saturated carbocycles. The molecule has 1 fully saturated rings. The standard InChI is InChI=1S/C11H20N4O4/c1-15(7-2-3-7)5-4-13-11(19)14-8(10(17)18)6-9(12)16/h7-8H,2-6H2,1H3,(H2,12,16)(H,17,18)(H2,13,14,19)/t8-/m0/s1. The van der Waals surface area contributed by atoms with Gasteiger partial charge in [0.2, 0.25) is 5.91 Å². The molecular weight excluding hydrogens is 252 g/mol. The van der Waals surface area contributed by atoms with Crippen molar-refractivity contribution in [1.82, 2.24) is 15.5 Å². The van der Waals surface area contributed by atoms with E-state index >= 15 is 0 Å². The Morgan fingerprint density at radius 3 is 2.53 bits per heavy atom. The highest BCUT2D eigenvalue weighted by Gasteiger charge is 2.26. The molecule has 1 rings (SSSR count). The van der Waals surface area contributed by atoms with Crippen LogP contribution in [0.5, 0.6) is 0 Å². The lowest BCUT2D eigenvalue weighted by atomic mass is 10.2. The molecule has 0 aromatic rings. The number of carboxylic acid groups (broad SMARTS) is 1. The van der Waals surface area contributed by atoms with Gasteiger partial charge in [-0.05, 0) is 19.9 Å². The van der Waals surface area contributed by atoms with Gasteiger partial charge in [0.05, 0.1) is 6.42 Å². The predicted molar refractivity (Wildman–Crippen MR) is 67.4 cm³/mol. The molecule has 1 aliphatic carbocycles. The van der Waals surface area contributed by atoms with E-state index in [1.54, 1.807) is 0 Å². The highest BCUT2D eigenvalue weighted by atomic mass is 16.4. The minimum atomic E-state index is -1.29. The number of likely N-dealkylation sites (N-methyl/N-ethyl adjacent to an activating group) is 1. The molecule has 5 N–H and O–H groups in total. The lowest BCUT2D eigenvalue weighted by molar-refractivity contribution is -0.140. The maximum Gasteiger partial charge on any atom is 0.326 e. The number of aliphatic carboxylic acids is 1. The average Bonchev–Trinajstić information content (AvgIpc) is 3.10. The smallest absolute Gasteiger partial charge is 0.326 e. The third-order valence-corrected chi connectivity index (χ3v) is 2.93. The first kappa shape index (κ1) is 15.2. The molecule has 0 aliphatic heterocycles. The number of amides is 3. The van der Waals surface area contributed by atoms with E-state index in [1.807, 2.05) is 7.05 Å². The van der Waals surface area contributed by atoms with E-state index in [1.165, 1.54) is 12.8 Å². The number of nitrogens with one attached hydrogen (secondary N) is 2. The average molecular weight is 272 g/mol. The monoisotopic (exact) mass is 272 g/mol. The van der Waals surface area contributed by atoms with Gasteiger partial charge in [-0.3, -0.25) is 4.79 Å². The fourth-order valence-electron chi connectivity index (χ4n) is 1.65. The summed E-state index contributed by atoms with van der Waals surface area (Å²) < 4.78 is 0. The topological polar surface area (TPSA) is 125 Å². The highest BCUT2D eigenvalue weighted by molar-refractivity contribution is 5.87. The van der Waals surface area contributed by atoms with E-state index in [-0.39, 0.29) is 0 Å². The van der Waals surface area contributed by atoms with Gasteiger partial charge in [-0.2, -0.15) is 0 Å². The molecule has 0 aromatic heterocycles. The number of carboxylic acids is 1. The third kappa shape index (κ3) is 6.05. The Kier molecular flexibility index (Phi) is 5.56. The molecule has 3 amide bonds. The van der Waals surface area contributed by atoms with E-state index in [9.17, 15) is 14.4 Å². The number of rotatable bonds is 8. The van der Waals surface area contributed by atoms with Gasteiger partial charge in [-0.15, -0.1) is 0 Å². The molecule has 0 spiro atoms. The number of nitrogens with two attached hydrogens (primary N) is 1. The summed E-state index contributed by atoms with van der Waals surface area (Å²) in [4.78, 5) is 35.0. The summed E-state index contributed by atoms with van der Waals surface area (Å²) in [6.07, 6.45) is 1.94. The summed E-state index contributed by atoms with van der Waals surface area (Å²) in [7, 11) is 1.98. The molecule has 19 heavy (non-hydrogen) atoms. The SMILES string of the molecule is CN(CCNC(=O)N[C@@H](CC(N)=O)C(=O)O)C1CC1. The Hall–Kier alpha value is -1.83. The van der Waals surface area contributed by atoms with Gasteiger partial charge in [0, 0.05) is 19.1 Å². The van der Waals surface area contributed by atoms with Crippen LogP contribution >= 0.6 is 0 Å². The predicted octanol–water partition coefficient (Wildman–Crippen LogP) is -1.29. The molecule has 0 heterocycles. The fraction of sp³-hybridized carbons (Fsp3) is 0.727. The first-order valence-electron chi connectivity index (χ1n) is 6.16. The molecule has 1 atom stereocenters. The van der Waals surface area contributed by atoms with Crippen LogP contribution in [0.2, 0.25) is 0 Å². The number of urea groups is 1. The second-order valence-corrected chi connectivity index (χ2v) is 4.67. The van der Waals surface area contributed by atoms with Gasteiger partial charge in [-0.1, -0.05) is 0 Å². The van der Waals surface area contributed by atoms with Gasteiger partial charge in [-0.25, -0.2) is 9.59 Å². The molecule has 8 heteroatoms. The van der Waals surface area contributed by atoms with Crippen molar-refractivity contribution in [1.29, 1.82) is 0 Å². The second-order valence-electron chi connectivity index (χ2n) is 4.67. The number of nitrogens with zero attached hydrogens (tertiary/aromatic N) is 1. The van der Waals surface area contributed by atoms with E-state index in [4.69, 9.17) is 10.8 Å². The molecule has 0 radical (unpaired) electrons. The van der Waals surface area contributed by atoms with Crippen molar-refractivity contribution in [3.63, 3.8) is 0 Å². The molecule has 0 aromatic carbocycles. The molecular formula is C11H20N4O4. The van der Waals surface area contributed by atoms with Gasteiger partial charge >= 0.3 is 12.0 Å². The van der Waals surface area contributed by atoms with Crippen LogP contribution in [-0.4, -0.2) is 60.1 Å². The van der Waals surface area contributed by atoms with Crippen molar-refractivity contribution in [3.8, 4) is 0 Å². The normalized spacial score (nSPS) is 15.9. The van der Waals surface area contributed by atoms with Gasteiger partial charge < -0.3 is 26.4 Å². The summed E-state index contributed by atoms with van der Waals surface area (Å²) in [6, 6.07) is -1.30. The van der Waals surface area contributed by atoms with Crippen LogP contribution in [0.4, 0.5) is 4.79 Å². The third-order valence-electron chi connectivity index (χ3n) is 2.93. The Morgan fingerprint density at radius 2 is 2.05 bits per heavy atom. The number of carbonyl (C=O) groups is 3. The summed E-state index contributed by atoms with van der Waals surface area (Å²) in [5.74, 6) is -2.06. The zero-order valence-corrected chi connectivity index (χ0v) is 10.9. The van der Waals surface area contributed by atoms with Crippen molar-refractivity contribution in [2.24, 2.45) is 5.73 Å². The largest absolute Gasteiger partial charge is 0.480 e.